The molecule has 0 aliphatic carbocycles. The van der Waals surface area contributed by atoms with E-state index in [1.54, 1.807) is 19.4 Å². The number of H-pyrrole nitrogens is 2. The van der Waals surface area contributed by atoms with Gasteiger partial charge in [0.1, 0.15) is 11.6 Å². The summed E-state index contributed by atoms with van der Waals surface area (Å²) in [4.78, 5) is 32.3. The fraction of sp³-hybridized carbons (Fsp3) is 0.463. The number of nitrogens with one attached hydrogen (secondary N) is 4. The minimum Gasteiger partial charge on any atom is -0.357 e. The highest BCUT2D eigenvalue weighted by Gasteiger charge is 2.04. The van der Waals surface area contributed by atoms with Crippen molar-refractivity contribution in [3.05, 3.63) is 95.1 Å². The molecule has 10 nitrogen and oxygen atoms in total. The monoisotopic (exact) mass is 860 g/mol. The molecule has 0 saturated carbocycles. The summed E-state index contributed by atoms with van der Waals surface area (Å²) in [6, 6.07) is 16.5. The lowest BCUT2D eigenvalue weighted by Crippen LogP contribution is -2.00. The standard InChI is InChI=1S/C16H19N5.C10H12N2.C7H10ClN3.4C2H6.HI/c1-3-15-20-13-7-5-11(10-14(13)21-15)4-6-12-8-9-18-16(17-2)19-12;1-3-10-11-8-5-4-7(2)6-9(8)12-10;1-9-7-10-5-3-6(11-7)2-4-8;4*1-2;/h5,7-10H,3-4,6H2,1-2H3,(H,20,21)(H,17,18,19);4-6H,3H2,1-2H3,(H,11,12);3,5H,2,4H2,1H3,(H,9,10,11);4*1-2H3;1H. The Balaban J connectivity index is 0. The SMILES string of the molecule is CC.CC.CC.CC.CCc1nc2ccc(C)cc2[nH]1.CCc1nc2ccc(CCc3ccnc(NC)n3)cc2[nH]1.CNc1nccc(CCCl)n1.I. The number of anilines is 2. The summed E-state index contributed by atoms with van der Waals surface area (Å²) in [5.41, 5.74) is 8.95. The van der Waals surface area contributed by atoms with Gasteiger partial charge in [0.25, 0.3) is 0 Å². The summed E-state index contributed by atoms with van der Waals surface area (Å²) in [6.45, 7) is 22.3. The zero-order valence-corrected chi connectivity index (χ0v) is 37.6. The fourth-order valence-corrected chi connectivity index (χ4v) is 4.65. The van der Waals surface area contributed by atoms with Gasteiger partial charge in [0.05, 0.1) is 22.1 Å². The van der Waals surface area contributed by atoms with E-state index in [4.69, 9.17) is 11.6 Å². The highest BCUT2D eigenvalue weighted by molar-refractivity contribution is 14.0. The summed E-state index contributed by atoms with van der Waals surface area (Å²) in [6.07, 6.45) is 8.05. The maximum absolute atomic E-state index is 5.55. The van der Waals surface area contributed by atoms with Crippen LogP contribution in [0.3, 0.4) is 0 Å². The summed E-state index contributed by atoms with van der Waals surface area (Å²) in [7, 11) is 3.62. The van der Waals surface area contributed by atoms with Crippen molar-refractivity contribution >= 4 is 69.5 Å². The van der Waals surface area contributed by atoms with Crippen LogP contribution in [0.4, 0.5) is 11.9 Å². The number of aromatic amines is 2. The van der Waals surface area contributed by atoms with Crippen molar-refractivity contribution in [3.63, 3.8) is 0 Å². The van der Waals surface area contributed by atoms with E-state index in [0.29, 0.717) is 17.8 Å². The van der Waals surface area contributed by atoms with E-state index < -0.39 is 0 Å². The Hall–Kier alpha value is -3.84. The summed E-state index contributed by atoms with van der Waals surface area (Å²) in [5.74, 6) is 4.02. The quantitative estimate of drug-likeness (QED) is 0.0834. The van der Waals surface area contributed by atoms with Crippen LogP contribution in [0, 0.1) is 6.92 Å². The van der Waals surface area contributed by atoms with Crippen LogP contribution in [0.15, 0.2) is 60.9 Å². The number of fused-ring (bicyclic) bond motifs is 2. The van der Waals surface area contributed by atoms with Gasteiger partial charge in [-0.15, -0.1) is 35.6 Å². The number of aryl methyl sites for hydroxylation is 6. The van der Waals surface area contributed by atoms with Gasteiger partial charge < -0.3 is 20.6 Å². The van der Waals surface area contributed by atoms with E-state index in [1.807, 2.05) is 74.6 Å². The number of aromatic nitrogens is 8. The van der Waals surface area contributed by atoms with Crippen LogP contribution in [0.5, 0.6) is 0 Å². The number of alkyl halides is 1. The van der Waals surface area contributed by atoms with Gasteiger partial charge in [-0.05, 0) is 67.3 Å². The number of hydrogen-bond donors (Lipinski definition) is 4. The predicted molar refractivity (Wildman–Crippen MR) is 241 cm³/mol. The Morgan fingerprint density at radius 3 is 1.49 bits per heavy atom. The summed E-state index contributed by atoms with van der Waals surface area (Å²) in [5, 5.41) is 5.82. The van der Waals surface area contributed by atoms with Crippen molar-refractivity contribution in [2.75, 3.05) is 30.6 Å². The molecule has 4 N–H and O–H groups in total. The number of benzene rings is 2. The van der Waals surface area contributed by atoms with Crippen molar-refractivity contribution < 1.29 is 0 Å². The van der Waals surface area contributed by atoms with Gasteiger partial charge in [0.2, 0.25) is 11.9 Å². The molecule has 53 heavy (non-hydrogen) atoms. The number of imidazole rings is 2. The molecule has 0 spiro atoms. The van der Waals surface area contributed by atoms with Gasteiger partial charge in [-0.3, -0.25) is 0 Å². The van der Waals surface area contributed by atoms with E-state index in [1.165, 1.54) is 11.1 Å². The van der Waals surface area contributed by atoms with E-state index in [0.717, 1.165) is 77.2 Å². The zero-order valence-electron chi connectivity index (χ0n) is 34.5. The zero-order chi connectivity index (χ0) is 39.3. The van der Waals surface area contributed by atoms with Crippen LogP contribution in [-0.4, -0.2) is 59.8 Å². The Morgan fingerprint density at radius 1 is 0.585 bits per heavy atom. The molecule has 294 valence electrons. The Labute approximate surface area is 341 Å². The minimum absolute atomic E-state index is 0. The molecule has 0 fully saturated rings. The topological polar surface area (TPSA) is 133 Å². The Morgan fingerprint density at radius 2 is 1.04 bits per heavy atom. The van der Waals surface area contributed by atoms with E-state index in [-0.39, 0.29) is 24.0 Å². The van der Waals surface area contributed by atoms with Crippen LogP contribution >= 0.6 is 35.6 Å². The highest BCUT2D eigenvalue weighted by atomic mass is 127. The maximum atomic E-state index is 5.55. The molecule has 2 aromatic carbocycles. The molecular weight excluding hydrogens is 795 g/mol. The van der Waals surface area contributed by atoms with Gasteiger partial charge in [-0.25, -0.2) is 29.9 Å². The summed E-state index contributed by atoms with van der Waals surface area (Å²) >= 11 is 5.55. The first-order chi connectivity index (χ1) is 25.4. The van der Waals surface area contributed by atoms with Gasteiger partial charge in [-0.2, -0.15) is 0 Å². The molecule has 0 aliphatic heterocycles. The normalized spacial score (nSPS) is 9.25. The predicted octanol–water partition coefficient (Wildman–Crippen LogP) is 11.2. The van der Waals surface area contributed by atoms with Crippen LogP contribution in [-0.2, 0) is 32.1 Å². The average Bonchev–Trinajstić information content (AvgIpc) is 3.84. The number of hydrogen-bond acceptors (Lipinski definition) is 8. The fourth-order valence-electron chi connectivity index (χ4n) is 4.46. The third-order valence-electron chi connectivity index (χ3n) is 6.85. The maximum Gasteiger partial charge on any atom is 0.222 e. The van der Waals surface area contributed by atoms with Crippen molar-refractivity contribution in [3.8, 4) is 0 Å². The third kappa shape index (κ3) is 18.7. The molecule has 6 aromatic rings. The second-order valence-electron chi connectivity index (χ2n) is 10.1. The van der Waals surface area contributed by atoms with Crippen molar-refractivity contribution in [1.82, 2.24) is 39.9 Å². The molecule has 0 amide bonds. The molecule has 6 rings (SSSR count). The lowest BCUT2D eigenvalue weighted by Gasteiger charge is -2.03. The molecule has 0 aliphatic rings. The molecule has 0 bridgehead atoms. The number of halogens is 2. The Bertz CT molecular complexity index is 1770. The van der Waals surface area contributed by atoms with E-state index in [2.05, 4.69) is 108 Å². The van der Waals surface area contributed by atoms with Gasteiger partial charge >= 0.3 is 0 Å². The lowest BCUT2D eigenvalue weighted by molar-refractivity contribution is 0.903. The van der Waals surface area contributed by atoms with Crippen molar-refractivity contribution in [2.24, 2.45) is 0 Å². The van der Waals surface area contributed by atoms with E-state index >= 15 is 0 Å². The van der Waals surface area contributed by atoms with Gasteiger partial charge in [0.15, 0.2) is 0 Å². The smallest absolute Gasteiger partial charge is 0.222 e. The first kappa shape index (κ1) is 51.3. The van der Waals surface area contributed by atoms with Crippen LogP contribution in [0.1, 0.15) is 103 Å². The van der Waals surface area contributed by atoms with Gasteiger partial charge in [0, 0.05) is 63.0 Å². The molecule has 0 unspecified atom stereocenters. The van der Waals surface area contributed by atoms with Crippen molar-refractivity contribution in [2.45, 2.75) is 108 Å². The molecular formula is C41H66ClIN10. The van der Waals surface area contributed by atoms with Crippen LogP contribution in [0.2, 0.25) is 0 Å². The molecule has 4 heterocycles. The Kier molecular flexibility index (Phi) is 30.6. The average molecular weight is 861 g/mol. The second kappa shape index (κ2) is 31.7. The first-order valence-electron chi connectivity index (χ1n) is 18.9. The lowest BCUT2D eigenvalue weighted by atomic mass is 10.1. The third-order valence-corrected chi connectivity index (χ3v) is 7.03. The van der Waals surface area contributed by atoms with Crippen LogP contribution in [0.25, 0.3) is 22.1 Å². The highest BCUT2D eigenvalue weighted by Crippen LogP contribution is 2.16. The van der Waals surface area contributed by atoms with E-state index in [9.17, 15) is 0 Å². The van der Waals surface area contributed by atoms with Gasteiger partial charge in [-0.1, -0.05) is 81.4 Å². The largest absolute Gasteiger partial charge is 0.357 e. The molecule has 12 heteroatoms. The summed E-state index contributed by atoms with van der Waals surface area (Å²) < 4.78 is 0. The van der Waals surface area contributed by atoms with Crippen LogP contribution < -0.4 is 10.6 Å². The second-order valence-corrected chi connectivity index (χ2v) is 10.5. The first-order valence-corrected chi connectivity index (χ1v) is 19.5. The van der Waals surface area contributed by atoms with Crippen molar-refractivity contribution in [1.29, 1.82) is 0 Å². The molecule has 0 radical (unpaired) electrons. The number of nitrogens with zero attached hydrogens (tertiary/aromatic N) is 6. The minimum atomic E-state index is 0. The molecule has 4 aromatic heterocycles. The molecule has 0 atom stereocenters. The number of rotatable bonds is 9. The molecule has 0 saturated heterocycles.